The van der Waals surface area contributed by atoms with Crippen LogP contribution >= 0.6 is 0 Å². The second-order valence-electron chi connectivity index (χ2n) is 10.0. The molecule has 11 heteroatoms. The molecule has 196 valence electrons. The van der Waals surface area contributed by atoms with Gasteiger partial charge in [-0.25, -0.2) is 9.97 Å². The Morgan fingerprint density at radius 1 is 1.17 bits per heavy atom. The van der Waals surface area contributed by atoms with E-state index in [0.29, 0.717) is 42.2 Å². The average Bonchev–Trinajstić information content (AvgIpc) is 3.35. The highest BCUT2D eigenvalue weighted by Gasteiger charge is 2.42. The minimum atomic E-state index is -0.778. The average molecular weight is 500 g/mol. The summed E-state index contributed by atoms with van der Waals surface area (Å²) in [5.74, 6) is 0.218. The van der Waals surface area contributed by atoms with Gasteiger partial charge in [0.15, 0.2) is 0 Å². The topological polar surface area (TPSA) is 138 Å². The summed E-state index contributed by atoms with van der Waals surface area (Å²) in [6.45, 7) is 7.85. The quantitative estimate of drug-likeness (QED) is 0.431. The van der Waals surface area contributed by atoms with E-state index in [0.717, 1.165) is 5.39 Å². The number of carbonyl (C=O) groups is 3. The number of nitrogens with one attached hydrogen (secondary N) is 4. The van der Waals surface area contributed by atoms with E-state index in [9.17, 15) is 14.4 Å². The summed E-state index contributed by atoms with van der Waals surface area (Å²) in [6.07, 6.45) is 2.67. The van der Waals surface area contributed by atoms with E-state index in [1.807, 2.05) is 20.8 Å². The van der Waals surface area contributed by atoms with Crippen molar-refractivity contribution in [1.82, 2.24) is 25.5 Å². The molecule has 1 aliphatic rings. The number of hydrogen-bond acceptors (Lipinski definition) is 8. The number of nitrogens with zero attached hydrogens (tertiary/aromatic N) is 3. The number of benzene rings is 1. The number of fused-ring (bicyclic) bond motifs is 1. The van der Waals surface area contributed by atoms with E-state index in [1.165, 1.54) is 13.4 Å². The molecule has 1 saturated heterocycles. The Morgan fingerprint density at radius 3 is 2.50 bits per heavy atom. The van der Waals surface area contributed by atoms with Gasteiger partial charge in [0.25, 0.3) is 0 Å². The van der Waals surface area contributed by atoms with Crippen LogP contribution in [0.5, 0.6) is 5.75 Å². The van der Waals surface area contributed by atoms with Gasteiger partial charge in [0.05, 0.1) is 24.4 Å². The predicted molar refractivity (Wildman–Crippen MR) is 139 cm³/mol. The zero-order valence-corrected chi connectivity index (χ0v) is 22.1. The van der Waals surface area contributed by atoms with E-state index < -0.39 is 23.5 Å². The van der Waals surface area contributed by atoms with Gasteiger partial charge >= 0.3 is 0 Å². The third kappa shape index (κ3) is 5.67. The second kappa shape index (κ2) is 11.1. The molecule has 1 fully saturated rings. The van der Waals surface area contributed by atoms with Gasteiger partial charge in [-0.2, -0.15) is 0 Å². The smallest absolute Gasteiger partial charge is 0.247 e. The molecule has 0 aliphatic carbocycles. The van der Waals surface area contributed by atoms with E-state index >= 15 is 0 Å². The Kier molecular flexibility index (Phi) is 8.34. The van der Waals surface area contributed by atoms with Crippen LogP contribution in [-0.4, -0.2) is 78.5 Å². The first-order chi connectivity index (χ1) is 17.0. The van der Waals surface area contributed by atoms with Crippen LogP contribution in [0.4, 0.5) is 11.5 Å². The van der Waals surface area contributed by atoms with Gasteiger partial charge in [0.1, 0.15) is 30.0 Å². The number of anilines is 2. The molecule has 1 aromatic heterocycles. The molecule has 3 atom stereocenters. The normalized spacial score (nSPS) is 17.4. The summed E-state index contributed by atoms with van der Waals surface area (Å²) in [4.78, 5) is 49.8. The largest absolute Gasteiger partial charge is 0.494 e. The molecule has 0 saturated carbocycles. The number of carbonyl (C=O) groups excluding carboxylic acids is 3. The lowest BCUT2D eigenvalue weighted by Crippen LogP contribution is -2.59. The van der Waals surface area contributed by atoms with Gasteiger partial charge in [0.2, 0.25) is 17.7 Å². The molecule has 1 aromatic carbocycles. The molecule has 36 heavy (non-hydrogen) atoms. The fourth-order valence-electron chi connectivity index (χ4n) is 4.28. The van der Waals surface area contributed by atoms with Crippen LogP contribution in [0, 0.1) is 5.41 Å². The third-order valence-corrected chi connectivity index (χ3v) is 6.52. The summed E-state index contributed by atoms with van der Waals surface area (Å²) in [5, 5.41) is 12.5. The zero-order chi connectivity index (χ0) is 26.6. The molecule has 0 unspecified atom stereocenters. The number of ether oxygens (including phenoxy) is 1. The summed E-state index contributed by atoms with van der Waals surface area (Å²) in [6, 6.07) is 1.60. The lowest BCUT2D eigenvalue weighted by molar-refractivity contribution is -0.143. The van der Waals surface area contributed by atoms with Crippen LogP contribution < -0.4 is 26.0 Å². The third-order valence-electron chi connectivity index (χ3n) is 6.52. The minimum absolute atomic E-state index is 0.269. The summed E-state index contributed by atoms with van der Waals surface area (Å²) in [7, 11) is 4.96. The van der Waals surface area contributed by atoms with E-state index in [2.05, 4.69) is 31.2 Å². The van der Waals surface area contributed by atoms with Crippen molar-refractivity contribution in [2.24, 2.45) is 5.41 Å². The molecular formula is C25H37N7O4. The Labute approximate surface area is 211 Å². The second-order valence-corrected chi connectivity index (χ2v) is 10.0. The molecule has 4 N–H and O–H groups in total. The van der Waals surface area contributed by atoms with Gasteiger partial charge in [-0.3, -0.25) is 14.4 Å². The fraction of sp³-hybridized carbons (Fsp3) is 0.560. The van der Waals surface area contributed by atoms with Crippen molar-refractivity contribution >= 4 is 40.1 Å². The van der Waals surface area contributed by atoms with E-state index in [1.54, 1.807) is 38.1 Å². The molecule has 11 nitrogen and oxygen atoms in total. The van der Waals surface area contributed by atoms with Crippen LogP contribution in [0.1, 0.15) is 40.5 Å². The molecule has 1 aliphatic heterocycles. The summed E-state index contributed by atoms with van der Waals surface area (Å²) < 4.78 is 5.49. The number of hydrogen-bond donors (Lipinski definition) is 4. The van der Waals surface area contributed by atoms with Gasteiger partial charge in [0, 0.05) is 25.0 Å². The molecule has 0 spiro atoms. The number of methoxy groups -OCH3 is 1. The minimum Gasteiger partial charge on any atom is -0.494 e. The molecule has 3 amide bonds. The number of rotatable bonds is 8. The monoisotopic (exact) mass is 499 g/mol. The van der Waals surface area contributed by atoms with Crippen molar-refractivity contribution in [2.75, 3.05) is 38.4 Å². The molecule has 0 radical (unpaired) electrons. The van der Waals surface area contributed by atoms with Gasteiger partial charge < -0.3 is 30.9 Å². The van der Waals surface area contributed by atoms with Crippen molar-refractivity contribution in [3.05, 3.63) is 18.5 Å². The summed E-state index contributed by atoms with van der Waals surface area (Å²) in [5.41, 5.74) is 0.583. The lowest BCUT2D eigenvalue weighted by Gasteiger charge is -2.36. The molecule has 3 rings (SSSR count). The molecule has 2 heterocycles. The van der Waals surface area contributed by atoms with Crippen molar-refractivity contribution in [3.8, 4) is 5.75 Å². The van der Waals surface area contributed by atoms with Crippen LogP contribution in [0.2, 0.25) is 0 Å². The van der Waals surface area contributed by atoms with E-state index in [4.69, 9.17) is 4.74 Å². The van der Waals surface area contributed by atoms with Crippen molar-refractivity contribution < 1.29 is 19.1 Å². The van der Waals surface area contributed by atoms with Crippen molar-refractivity contribution in [2.45, 2.75) is 58.7 Å². The van der Waals surface area contributed by atoms with Crippen LogP contribution in [-0.2, 0) is 14.4 Å². The Balaban J connectivity index is 1.86. The van der Waals surface area contributed by atoms with E-state index in [-0.39, 0.29) is 17.7 Å². The molecular weight excluding hydrogens is 462 g/mol. The zero-order valence-electron chi connectivity index (χ0n) is 22.1. The SMILES string of the molecule is CNc1ncnc2cc(OC)c(NC(=O)[C@@H]3CCCN3C(=O)[C@@H](NC(=O)[C@H](C)NC)C(C)(C)C)cc12. The number of aromatic nitrogens is 2. The predicted octanol–water partition coefficient (Wildman–Crippen LogP) is 1.75. The fourth-order valence-corrected chi connectivity index (χ4v) is 4.28. The Hall–Kier alpha value is -3.47. The highest BCUT2D eigenvalue weighted by atomic mass is 16.5. The standard InChI is InChI=1S/C25H37N7O4/c1-14(26-5)22(33)31-20(25(2,3)4)24(35)32-10-8-9-18(32)23(34)30-17-11-15-16(12-19(17)36-7)28-13-29-21(15)27-6/h11-14,18,20,26H,8-10H2,1-7H3,(H,30,34)(H,31,33)(H,27,28,29)/t14-,18-,20+/m0/s1. The summed E-state index contributed by atoms with van der Waals surface area (Å²) >= 11 is 0. The number of likely N-dealkylation sites (tertiary alicyclic amines) is 1. The first-order valence-corrected chi connectivity index (χ1v) is 12.1. The van der Waals surface area contributed by atoms with Crippen LogP contribution in [0.25, 0.3) is 10.9 Å². The maximum Gasteiger partial charge on any atom is 0.247 e. The number of amides is 3. The highest BCUT2D eigenvalue weighted by molar-refractivity contribution is 6.02. The van der Waals surface area contributed by atoms with Crippen LogP contribution in [0.15, 0.2) is 18.5 Å². The van der Waals surface area contributed by atoms with Crippen molar-refractivity contribution in [3.63, 3.8) is 0 Å². The maximum atomic E-state index is 13.6. The van der Waals surface area contributed by atoms with Crippen molar-refractivity contribution in [1.29, 1.82) is 0 Å². The lowest BCUT2D eigenvalue weighted by atomic mass is 9.85. The maximum absolute atomic E-state index is 13.6. The highest BCUT2D eigenvalue weighted by Crippen LogP contribution is 2.33. The first kappa shape index (κ1) is 27.1. The van der Waals surface area contributed by atoms with Gasteiger partial charge in [-0.15, -0.1) is 0 Å². The Bertz CT molecular complexity index is 1130. The van der Waals surface area contributed by atoms with Gasteiger partial charge in [-0.05, 0) is 38.3 Å². The Morgan fingerprint density at radius 2 is 1.89 bits per heavy atom. The first-order valence-electron chi connectivity index (χ1n) is 12.1. The molecule has 2 aromatic rings. The van der Waals surface area contributed by atoms with Gasteiger partial charge in [-0.1, -0.05) is 20.8 Å². The number of likely N-dealkylation sites (N-methyl/N-ethyl adjacent to an activating group) is 1. The van der Waals surface area contributed by atoms with Crippen LogP contribution in [0.3, 0.4) is 0 Å². The molecule has 0 bridgehead atoms.